The van der Waals surface area contributed by atoms with Crippen LogP contribution in [0.2, 0.25) is 0 Å². The highest BCUT2D eigenvalue weighted by Crippen LogP contribution is 2.18. The number of likely N-dealkylation sites (N-methyl/N-ethyl adjacent to an activating group) is 1. The molecule has 1 aromatic carbocycles. The number of aromatic nitrogens is 4. The van der Waals surface area contributed by atoms with Gasteiger partial charge in [0, 0.05) is 38.1 Å². The normalized spacial score (nSPS) is 17.8. The average molecular weight is 350 g/mol. The number of fused-ring (bicyclic) bond motifs is 1. The summed E-state index contributed by atoms with van der Waals surface area (Å²) in [6.45, 7) is 2.33. The van der Waals surface area contributed by atoms with E-state index in [4.69, 9.17) is 0 Å². The molecular formula is C19H22N6O. The lowest BCUT2D eigenvalue weighted by Crippen LogP contribution is -2.48. The van der Waals surface area contributed by atoms with Crippen molar-refractivity contribution in [1.82, 2.24) is 29.4 Å². The van der Waals surface area contributed by atoms with Gasteiger partial charge >= 0.3 is 0 Å². The summed E-state index contributed by atoms with van der Waals surface area (Å²) in [6.07, 6.45) is 5.47. The van der Waals surface area contributed by atoms with Crippen molar-refractivity contribution in [1.29, 1.82) is 0 Å². The van der Waals surface area contributed by atoms with Crippen LogP contribution in [-0.4, -0.2) is 61.5 Å². The molecule has 0 aliphatic carbocycles. The molecule has 2 aromatic heterocycles. The van der Waals surface area contributed by atoms with E-state index < -0.39 is 0 Å². The number of hydrogen-bond acceptors (Lipinski definition) is 5. The summed E-state index contributed by atoms with van der Waals surface area (Å²) in [7, 11) is 2.12. The molecule has 0 saturated carbocycles. The molecule has 26 heavy (non-hydrogen) atoms. The van der Waals surface area contributed by atoms with Crippen molar-refractivity contribution < 1.29 is 4.79 Å². The van der Waals surface area contributed by atoms with Gasteiger partial charge in [0.1, 0.15) is 0 Å². The molecule has 3 heterocycles. The molecule has 1 atom stereocenters. The smallest absolute Gasteiger partial charge is 0.293 e. The van der Waals surface area contributed by atoms with Crippen LogP contribution in [0, 0.1) is 0 Å². The number of carbonyl (C=O) groups is 1. The second kappa shape index (κ2) is 7.21. The standard InChI is InChI=1S/C19H22N6O/c1-23(13-15-7-3-2-4-8-15)16-9-5-11-24(14-16)18(26)17-21-19-20-10-6-12-25(19)22-17/h2-4,6-8,10,12,16H,5,9,11,13-14H2,1H3/t16-/m0/s1. The number of nitrogens with zero attached hydrogens (tertiary/aromatic N) is 6. The fourth-order valence-electron chi connectivity index (χ4n) is 3.46. The van der Waals surface area contributed by atoms with Gasteiger partial charge < -0.3 is 4.90 Å². The predicted molar refractivity (Wildman–Crippen MR) is 97.6 cm³/mol. The van der Waals surface area contributed by atoms with Crippen molar-refractivity contribution >= 4 is 11.7 Å². The largest absolute Gasteiger partial charge is 0.334 e. The molecule has 134 valence electrons. The lowest BCUT2D eigenvalue weighted by atomic mass is 10.0. The van der Waals surface area contributed by atoms with E-state index >= 15 is 0 Å². The van der Waals surface area contributed by atoms with Gasteiger partial charge in [0.05, 0.1) is 0 Å². The third-order valence-electron chi connectivity index (χ3n) is 4.89. The fourth-order valence-corrected chi connectivity index (χ4v) is 3.46. The minimum Gasteiger partial charge on any atom is -0.334 e. The van der Waals surface area contributed by atoms with Crippen LogP contribution < -0.4 is 0 Å². The van der Waals surface area contributed by atoms with Gasteiger partial charge in [-0.3, -0.25) is 9.69 Å². The van der Waals surface area contributed by atoms with E-state index in [1.807, 2.05) is 11.0 Å². The first-order valence-corrected chi connectivity index (χ1v) is 8.91. The minimum absolute atomic E-state index is 0.117. The molecule has 4 rings (SSSR count). The van der Waals surface area contributed by atoms with E-state index in [2.05, 4.69) is 51.3 Å². The first-order valence-electron chi connectivity index (χ1n) is 8.91. The zero-order valence-electron chi connectivity index (χ0n) is 14.8. The van der Waals surface area contributed by atoms with Gasteiger partial charge in [0.15, 0.2) is 0 Å². The topological polar surface area (TPSA) is 66.6 Å². The molecule has 1 aliphatic heterocycles. The number of amides is 1. The average Bonchev–Trinajstić information content (AvgIpc) is 3.12. The number of carbonyl (C=O) groups excluding carboxylic acids is 1. The number of benzene rings is 1. The zero-order chi connectivity index (χ0) is 17.9. The molecule has 7 nitrogen and oxygen atoms in total. The maximum Gasteiger partial charge on any atom is 0.293 e. The summed E-state index contributed by atoms with van der Waals surface area (Å²) in [6, 6.07) is 12.5. The Labute approximate surface area is 152 Å². The number of rotatable bonds is 4. The molecule has 1 fully saturated rings. The predicted octanol–water partition coefficient (Wildman–Crippen LogP) is 1.86. The third kappa shape index (κ3) is 3.43. The van der Waals surface area contributed by atoms with Crippen LogP contribution in [0.3, 0.4) is 0 Å². The van der Waals surface area contributed by atoms with E-state index in [1.54, 1.807) is 18.5 Å². The molecule has 1 aliphatic rings. The van der Waals surface area contributed by atoms with Crippen molar-refractivity contribution in [3.63, 3.8) is 0 Å². The van der Waals surface area contributed by atoms with E-state index in [9.17, 15) is 4.79 Å². The fraction of sp³-hybridized carbons (Fsp3) is 0.368. The highest BCUT2D eigenvalue weighted by Gasteiger charge is 2.29. The Hall–Kier alpha value is -2.80. The van der Waals surface area contributed by atoms with E-state index in [1.165, 1.54) is 10.1 Å². The molecule has 1 amide bonds. The van der Waals surface area contributed by atoms with Crippen LogP contribution in [0.1, 0.15) is 29.0 Å². The molecule has 0 bridgehead atoms. The first-order chi connectivity index (χ1) is 12.7. The van der Waals surface area contributed by atoms with Crippen molar-refractivity contribution in [3.8, 4) is 0 Å². The third-order valence-corrected chi connectivity index (χ3v) is 4.89. The van der Waals surface area contributed by atoms with Crippen LogP contribution in [-0.2, 0) is 6.54 Å². The second-order valence-corrected chi connectivity index (χ2v) is 6.75. The summed E-state index contributed by atoms with van der Waals surface area (Å²) in [5.41, 5.74) is 1.28. The van der Waals surface area contributed by atoms with Crippen LogP contribution in [0.25, 0.3) is 5.78 Å². The van der Waals surface area contributed by atoms with Gasteiger partial charge in [-0.05, 0) is 31.5 Å². The van der Waals surface area contributed by atoms with E-state index in [0.717, 1.165) is 25.9 Å². The summed E-state index contributed by atoms with van der Waals surface area (Å²) < 4.78 is 1.54. The number of likely N-dealkylation sites (tertiary alicyclic amines) is 1. The van der Waals surface area contributed by atoms with Crippen LogP contribution in [0.4, 0.5) is 0 Å². The molecule has 0 N–H and O–H groups in total. The lowest BCUT2D eigenvalue weighted by molar-refractivity contribution is 0.0591. The maximum atomic E-state index is 12.8. The van der Waals surface area contributed by atoms with Crippen LogP contribution in [0.15, 0.2) is 48.8 Å². The van der Waals surface area contributed by atoms with Crippen LogP contribution in [0.5, 0.6) is 0 Å². The second-order valence-electron chi connectivity index (χ2n) is 6.75. The molecule has 1 saturated heterocycles. The molecular weight excluding hydrogens is 328 g/mol. The molecule has 0 spiro atoms. The van der Waals surface area contributed by atoms with E-state index in [0.29, 0.717) is 18.4 Å². The highest BCUT2D eigenvalue weighted by molar-refractivity contribution is 5.91. The van der Waals surface area contributed by atoms with Gasteiger partial charge in [-0.15, -0.1) is 5.10 Å². The lowest BCUT2D eigenvalue weighted by Gasteiger charge is -2.37. The molecule has 7 heteroatoms. The quantitative estimate of drug-likeness (QED) is 0.718. The first kappa shape index (κ1) is 16.7. The van der Waals surface area contributed by atoms with Gasteiger partial charge in [0.25, 0.3) is 11.7 Å². The Morgan fingerprint density at radius 3 is 2.92 bits per heavy atom. The van der Waals surface area contributed by atoms with E-state index in [-0.39, 0.29) is 11.7 Å². The maximum absolute atomic E-state index is 12.8. The Bertz CT molecular complexity index is 860. The number of hydrogen-bond donors (Lipinski definition) is 0. The van der Waals surface area contributed by atoms with Gasteiger partial charge in [-0.25, -0.2) is 9.50 Å². The SMILES string of the molecule is CN(Cc1ccccc1)[C@H]1CCCN(C(=O)c2nc3ncccn3n2)C1. The van der Waals surface area contributed by atoms with Crippen molar-refractivity contribution in [2.45, 2.75) is 25.4 Å². The van der Waals surface area contributed by atoms with Gasteiger partial charge in [-0.2, -0.15) is 4.98 Å². The van der Waals surface area contributed by atoms with Gasteiger partial charge in [0.2, 0.25) is 5.82 Å². The highest BCUT2D eigenvalue weighted by atomic mass is 16.2. The Morgan fingerprint density at radius 1 is 1.27 bits per heavy atom. The van der Waals surface area contributed by atoms with Crippen LogP contribution >= 0.6 is 0 Å². The minimum atomic E-state index is -0.117. The molecule has 0 unspecified atom stereocenters. The summed E-state index contributed by atoms with van der Waals surface area (Å²) in [5.74, 6) is 0.550. The monoisotopic (exact) mass is 350 g/mol. The number of piperidine rings is 1. The van der Waals surface area contributed by atoms with Gasteiger partial charge in [-0.1, -0.05) is 30.3 Å². The summed E-state index contributed by atoms with van der Waals surface area (Å²) in [5, 5.41) is 4.26. The Balaban J connectivity index is 1.44. The van der Waals surface area contributed by atoms with Crippen molar-refractivity contribution in [2.24, 2.45) is 0 Å². The Kier molecular flexibility index (Phi) is 4.62. The zero-order valence-corrected chi connectivity index (χ0v) is 14.8. The Morgan fingerprint density at radius 2 is 2.12 bits per heavy atom. The summed E-state index contributed by atoms with van der Waals surface area (Å²) >= 11 is 0. The van der Waals surface area contributed by atoms with Crippen molar-refractivity contribution in [2.75, 3.05) is 20.1 Å². The van der Waals surface area contributed by atoms with Crippen molar-refractivity contribution in [3.05, 3.63) is 60.2 Å². The molecule has 3 aromatic rings. The summed E-state index contributed by atoms with van der Waals surface area (Å²) in [4.78, 5) is 25.4. The molecule has 0 radical (unpaired) electrons.